The molecule has 22 heavy (non-hydrogen) atoms. The number of nitrogens with one attached hydrogen (secondary N) is 2. The Kier molecular flexibility index (Phi) is 4.27. The van der Waals surface area contributed by atoms with E-state index in [0.717, 1.165) is 27.7 Å². The Morgan fingerprint density at radius 3 is 2.77 bits per heavy atom. The van der Waals surface area contributed by atoms with Crippen LogP contribution in [0.3, 0.4) is 0 Å². The fourth-order valence-corrected chi connectivity index (χ4v) is 2.50. The minimum absolute atomic E-state index is 0.217. The molecule has 3 aromatic rings. The molecule has 0 bridgehead atoms. The normalized spacial score (nSPS) is 12.5. The van der Waals surface area contributed by atoms with Crippen LogP contribution in [0.5, 0.6) is 0 Å². The number of hydrogen-bond donors (Lipinski definition) is 2. The van der Waals surface area contributed by atoms with E-state index >= 15 is 0 Å². The molecule has 0 aliphatic carbocycles. The molecule has 0 fully saturated rings. The summed E-state index contributed by atoms with van der Waals surface area (Å²) in [6.07, 6.45) is 3.69. The first-order chi connectivity index (χ1) is 10.6. The van der Waals surface area contributed by atoms with Crippen molar-refractivity contribution in [3.8, 4) is 11.3 Å². The fraction of sp³-hybridized carbons (Fsp3) is 0.250. The van der Waals surface area contributed by atoms with Crippen molar-refractivity contribution in [2.24, 2.45) is 7.05 Å². The number of aromatic nitrogens is 4. The summed E-state index contributed by atoms with van der Waals surface area (Å²) in [6.45, 7) is 2.83. The van der Waals surface area contributed by atoms with E-state index in [0.29, 0.717) is 6.54 Å². The summed E-state index contributed by atoms with van der Waals surface area (Å²) in [5, 5.41) is 11.6. The number of aromatic amines is 1. The van der Waals surface area contributed by atoms with Crippen LogP contribution in [0, 0.1) is 0 Å². The monoisotopic (exact) mass is 315 g/mol. The van der Waals surface area contributed by atoms with Crippen LogP contribution in [0.25, 0.3) is 11.3 Å². The van der Waals surface area contributed by atoms with Crippen molar-refractivity contribution < 1.29 is 0 Å². The number of rotatable bonds is 5. The lowest BCUT2D eigenvalue weighted by Gasteiger charge is -2.13. The van der Waals surface area contributed by atoms with E-state index in [1.807, 2.05) is 54.5 Å². The molecular formula is C16H18ClN5. The van der Waals surface area contributed by atoms with E-state index in [9.17, 15) is 0 Å². The predicted octanol–water partition coefficient (Wildman–Crippen LogP) is 3.31. The topological polar surface area (TPSA) is 58.5 Å². The average Bonchev–Trinajstić information content (AvgIpc) is 3.14. The average molecular weight is 316 g/mol. The molecule has 5 nitrogen and oxygen atoms in total. The van der Waals surface area contributed by atoms with Gasteiger partial charge in [0.15, 0.2) is 0 Å². The van der Waals surface area contributed by atoms with Crippen molar-refractivity contribution >= 4 is 11.6 Å². The van der Waals surface area contributed by atoms with Crippen LogP contribution in [0.1, 0.15) is 24.4 Å². The third-order valence-corrected chi connectivity index (χ3v) is 3.92. The Bertz CT molecular complexity index is 744. The van der Waals surface area contributed by atoms with Gasteiger partial charge in [0.1, 0.15) is 0 Å². The van der Waals surface area contributed by atoms with E-state index in [2.05, 4.69) is 27.4 Å². The summed E-state index contributed by atoms with van der Waals surface area (Å²) < 4.78 is 2.02. The Balaban J connectivity index is 1.65. The maximum absolute atomic E-state index is 5.91. The Labute approximate surface area is 134 Å². The molecule has 114 valence electrons. The number of benzene rings is 1. The minimum atomic E-state index is 0.217. The second-order valence-electron chi connectivity index (χ2n) is 5.32. The molecule has 0 aliphatic rings. The molecule has 1 unspecified atom stereocenters. The van der Waals surface area contributed by atoms with Gasteiger partial charge in [-0.2, -0.15) is 5.10 Å². The number of halogens is 1. The first kappa shape index (κ1) is 14.8. The highest BCUT2D eigenvalue weighted by molar-refractivity contribution is 6.30. The Morgan fingerprint density at radius 2 is 2.09 bits per heavy atom. The van der Waals surface area contributed by atoms with E-state index < -0.39 is 0 Å². The molecule has 2 aromatic heterocycles. The fourth-order valence-electron chi connectivity index (χ4n) is 2.37. The number of aryl methyl sites for hydroxylation is 1. The van der Waals surface area contributed by atoms with Crippen molar-refractivity contribution in [3.05, 3.63) is 59.3 Å². The van der Waals surface area contributed by atoms with Crippen LogP contribution in [0.15, 0.2) is 42.9 Å². The van der Waals surface area contributed by atoms with Gasteiger partial charge in [-0.05, 0) is 25.1 Å². The molecular weight excluding hydrogens is 298 g/mol. The van der Waals surface area contributed by atoms with Crippen molar-refractivity contribution in [2.75, 3.05) is 0 Å². The third kappa shape index (κ3) is 3.21. The first-order valence-electron chi connectivity index (χ1n) is 7.13. The molecule has 0 amide bonds. The van der Waals surface area contributed by atoms with Gasteiger partial charge in [-0.1, -0.05) is 23.7 Å². The summed E-state index contributed by atoms with van der Waals surface area (Å²) in [5.41, 5.74) is 4.16. The van der Waals surface area contributed by atoms with Gasteiger partial charge < -0.3 is 9.88 Å². The van der Waals surface area contributed by atoms with Crippen LogP contribution in [-0.2, 0) is 13.6 Å². The van der Waals surface area contributed by atoms with Crippen molar-refractivity contribution in [3.63, 3.8) is 0 Å². The molecule has 3 rings (SSSR count). The van der Waals surface area contributed by atoms with Crippen LogP contribution >= 0.6 is 11.6 Å². The summed E-state index contributed by atoms with van der Waals surface area (Å²) >= 11 is 5.91. The molecule has 0 spiro atoms. The summed E-state index contributed by atoms with van der Waals surface area (Å²) in [7, 11) is 2.00. The number of hydrogen-bond acceptors (Lipinski definition) is 3. The zero-order chi connectivity index (χ0) is 15.5. The number of H-pyrrole nitrogens is 1. The summed E-state index contributed by atoms with van der Waals surface area (Å²) in [4.78, 5) is 4.14. The third-order valence-electron chi connectivity index (χ3n) is 3.67. The lowest BCUT2D eigenvalue weighted by atomic mass is 10.1. The van der Waals surface area contributed by atoms with Gasteiger partial charge in [0.05, 0.1) is 17.7 Å². The zero-order valence-electron chi connectivity index (χ0n) is 12.5. The van der Waals surface area contributed by atoms with E-state index in [1.54, 1.807) is 0 Å². The maximum atomic E-state index is 5.91. The highest BCUT2D eigenvalue weighted by atomic mass is 35.5. The first-order valence-corrected chi connectivity index (χ1v) is 7.51. The van der Waals surface area contributed by atoms with Gasteiger partial charge in [0.2, 0.25) is 0 Å². The lowest BCUT2D eigenvalue weighted by Crippen LogP contribution is -2.20. The van der Waals surface area contributed by atoms with Crippen LogP contribution in [0.2, 0.25) is 5.02 Å². The second kappa shape index (κ2) is 6.34. The zero-order valence-corrected chi connectivity index (χ0v) is 13.3. The number of imidazole rings is 1. The van der Waals surface area contributed by atoms with E-state index in [-0.39, 0.29) is 6.04 Å². The van der Waals surface area contributed by atoms with Gasteiger partial charge in [-0.25, -0.2) is 4.98 Å². The van der Waals surface area contributed by atoms with Gasteiger partial charge in [0, 0.05) is 42.1 Å². The molecule has 1 atom stereocenters. The summed E-state index contributed by atoms with van der Waals surface area (Å²) in [5.74, 6) is 0. The number of nitrogens with zero attached hydrogens (tertiary/aromatic N) is 3. The largest absolute Gasteiger partial charge is 0.336 e. The molecule has 6 heteroatoms. The van der Waals surface area contributed by atoms with Gasteiger partial charge in [-0.3, -0.25) is 5.10 Å². The summed E-state index contributed by atoms with van der Waals surface area (Å²) in [6, 6.07) is 9.94. The van der Waals surface area contributed by atoms with Gasteiger partial charge in [-0.15, -0.1) is 0 Å². The highest BCUT2D eigenvalue weighted by Gasteiger charge is 2.10. The standard InChI is InChI=1S/C16H18ClN5/c1-11(16-9-18-10-22(16)2)19-8-14-7-15(21-20-14)12-3-5-13(17)6-4-12/h3-7,9-11,19H,8H2,1-2H3,(H,20,21). The SMILES string of the molecule is CC(NCc1cc(-c2ccc(Cl)cc2)n[nH]1)c1cncn1C. The lowest BCUT2D eigenvalue weighted by molar-refractivity contribution is 0.538. The van der Waals surface area contributed by atoms with Crippen molar-refractivity contribution in [1.29, 1.82) is 0 Å². The minimum Gasteiger partial charge on any atom is -0.336 e. The van der Waals surface area contributed by atoms with Crippen LogP contribution < -0.4 is 5.32 Å². The quantitative estimate of drug-likeness (QED) is 0.759. The van der Waals surface area contributed by atoms with Crippen LogP contribution in [-0.4, -0.2) is 19.7 Å². The van der Waals surface area contributed by atoms with Crippen LogP contribution in [0.4, 0.5) is 0 Å². The van der Waals surface area contributed by atoms with Crippen molar-refractivity contribution in [2.45, 2.75) is 19.5 Å². The van der Waals surface area contributed by atoms with E-state index in [4.69, 9.17) is 11.6 Å². The molecule has 0 aliphatic heterocycles. The maximum Gasteiger partial charge on any atom is 0.0946 e. The van der Waals surface area contributed by atoms with Crippen molar-refractivity contribution in [1.82, 2.24) is 25.1 Å². The molecule has 0 saturated heterocycles. The Morgan fingerprint density at radius 1 is 1.32 bits per heavy atom. The molecule has 2 heterocycles. The predicted molar refractivity (Wildman–Crippen MR) is 87.5 cm³/mol. The smallest absolute Gasteiger partial charge is 0.0946 e. The van der Waals surface area contributed by atoms with Gasteiger partial charge >= 0.3 is 0 Å². The molecule has 2 N–H and O–H groups in total. The Hall–Kier alpha value is -2.11. The second-order valence-corrected chi connectivity index (χ2v) is 5.75. The van der Waals surface area contributed by atoms with E-state index in [1.165, 1.54) is 0 Å². The van der Waals surface area contributed by atoms with Gasteiger partial charge in [0.25, 0.3) is 0 Å². The highest BCUT2D eigenvalue weighted by Crippen LogP contribution is 2.20. The molecule has 1 aromatic carbocycles. The molecule has 0 saturated carbocycles. The molecule has 0 radical (unpaired) electrons.